The van der Waals surface area contributed by atoms with Crippen LogP contribution in [-0.4, -0.2) is 44.7 Å². The highest BCUT2D eigenvalue weighted by molar-refractivity contribution is 6.07. The fourth-order valence-corrected chi connectivity index (χ4v) is 3.87. The molecule has 0 spiro atoms. The van der Waals surface area contributed by atoms with Crippen LogP contribution in [-0.2, 0) is 7.05 Å². The van der Waals surface area contributed by atoms with Crippen molar-refractivity contribution in [1.82, 2.24) is 19.7 Å². The number of nitrogens with zero attached hydrogens (tertiary/aromatic N) is 4. The summed E-state index contributed by atoms with van der Waals surface area (Å²) in [5, 5.41) is 5.33. The smallest absolute Gasteiger partial charge is 0.255 e. The Balaban J connectivity index is 1.91. The predicted molar refractivity (Wildman–Crippen MR) is 102 cm³/mol. The molecule has 1 unspecified atom stereocenters. The first-order valence-electron chi connectivity index (χ1n) is 9.01. The number of pyridine rings is 1. The number of likely N-dealkylation sites (tertiary alicyclic amines) is 1. The van der Waals surface area contributed by atoms with Gasteiger partial charge in [-0.3, -0.25) is 9.48 Å². The van der Waals surface area contributed by atoms with E-state index >= 15 is 0 Å². The summed E-state index contributed by atoms with van der Waals surface area (Å²) in [6.45, 7) is 3.18. The van der Waals surface area contributed by atoms with Crippen LogP contribution in [0.2, 0.25) is 0 Å². The lowest BCUT2D eigenvalue weighted by atomic mass is 10.0. The third-order valence-electron chi connectivity index (χ3n) is 5.18. The number of benzene rings is 1. The molecule has 0 saturated carbocycles. The molecule has 3 aromatic rings. The minimum Gasteiger partial charge on any atom is -0.334 e. The van der Waals surface area contributed by atoms with Crippen LogP contribution in [0, 0.1) is 6.92 Å². The van der Waals surface area contributed by atoms with Gasteiger partial charge in [0.05, 0.1) is 22.3 Å². The fourth-order valence-electron chi connectivity index (χ4n) is 3.87. The number of aryl methyl sites for hydroxylation is 2. The monoisotopic (exact) mass is 349 g/mol. The summed E-state index contributed by atoms with van der Waals surface area (Å²) in [7, 11) is 1.86. The molecule has 0 bridgehead atoms. The summed E-state index contributed by atoms with van der Waals surface area (Å²) in [5.74, 6) is 0.0265. The second kappa shape index (κ2) is 6.53. The first kappa shape index (κ1) is 16.7. The number of hydrogen-bond acceptors (Lipinski definition) is 4. The lowest BCUT2D eigenvalue weighted by Gasteiger charge is -2.24. The zero-order valence-electron chi connectivity index (χ0n) is 15.1. The number of amides is 1. The van der Waals surface area contributed by atoms with E-state index in [-0.39, 0.29) is 11.9 Å². The Morgan fingerprint density at radius 2 is 2.08 bits per heavy atom. The molecule has 0 radical (unpaired) electrons. The minimum absolute atomic E-state index is 0.0265. The maximum atomic E-state index is 13.4. The molecule has 2 aromatic heterocycles. The van der Waals surface area contributed by atoms with E-state index in [0.29, 0.717) is 12.1 Å². The summed E-state index contributed by atoms with van der Waals surface area (Å²) in [6, 6.07) is 11.9. The van der Waals surface area contributed by atoms with Crippen LogP contribution < -0.4 is 5.73 Å². The molecule has 1 aromatic carbocycles. The van der Waals surface area contributed by atoms with Crippen molar-refractivity contribution in [3.8, 4) is 11.3 Å². The van der Waals surface area contributed by atoms with E-state index in [1.54, 1.807) is 4.68 Å². The van der Waals surface area contributed by atoms with Gasteiger partial charge in [-0.15, -0.1) is 0 Å². The van der Waals surface area contributed by atoms with Crippen molar-refractivity contribution in [1.29, 1.82) is 0 Å². The lowest BCUT2D eigenvalue weighted by Crippen LogP contribution is -2.40. The third kappa shape index (κ3) is 2.66. The van der Waals surface area contributed by atoms with Gasteiger partial charge in [0.15, 0.2) is 5.65 Å². The Morgan fingerprint density at radius 3 is 2.81 bits per heavy atom. The number of carbonyl (C=O) groups is 1. The number of hydrogen-bond donors (Lipinski definition) is 1. The van der Waals surface area contributed by atoms with Crippen molar-refractivity contribution in [3.63, 3.8) is 0 Å². The normalized spacial score (nSPS) is 17.2. The summed E-state index contributed by atoms with van der Waals surface area (Å²) in [4.78, 5) is 20.1. The zero-order chi connectivity index (χ0) is 18.3. The Kier molecular flexibility index (Phi) is 4.20. The van der Waals surface area contributed by atoms with Gasteiger partial charge in [-0.25, -0.2) is 4.98 Å². The van der Waals surface area contributed by atoms with E-state index < -0.39 is 0 Å². The lowest BCUT2D eigenvalue weighted by molar-refractivity contribution is 0.0743. The molecule has 3 heterocycles. The molecule has 1 aliphatic heterocycles. The zero-order valence-corrected chi connectivity index (χ0v) is 15.1. The summed E-state index contributed by atoms with van der Waals surface area (Å²) in [5.41, 5.74) is 9.87. The molecular formula is C20H23N5O. The summed E-state index contributed by atoms with van der Waals surface area (Å²) in [6.07, 6.45) is 1.97. The second-order valence-electron chi connectivity index (χ2n) is 6.86. The molecule has 1 aliphatic rings. The van der Waals surface area contributed by atoms with Crippen LogP contribution in [0.3, 0.4) is 0 Å². The van der Waals surface area contributed by atoms with Crippen molar-refractivity contribution in [2.75, 3.05) is 13.1 Å². The van der Waals surface area contributed by atoms with Gasteiger partial charge in [0.2, 0.25) is 0 Å². The van der Waals surface area contributed by atoms with E-state index in [4.69, 9.17) is 10.7 Å². The van der Waals surface area contributed by atoms with E-state index in [9.17, 15) is 4.79 Å². The van der Waals surface area contributed by atoms with Gasteiger partial charge in [-0.1, -0.05) is 30.3 Å². The molecule has 1 saturated heterocycles. The molecule has 26 heavy (non-hydrogen) atoms. The maximum Gasteiger partial charge on any atom is 0.255 e. The SMILES string of the molecule is Cc1nn(C)c2nc(-c3ccccc3)cc(C(=O)N3CCCC3CN)c12. The van der Waals surface area contributed by atoms with Crippen molar-refractivity contribution in [2.45, 2.75) is 25.8 Å². The van der Waals surface area contributed by atoms with E-state index in [1.807, 2.05) is 55.3 Å². The molecule has 1 atom stereocenters. The Morgan fingerprint density at radius 1 is 1.31 bits per heavy atom. The summed E-state index contributed by atoms with van der Waals surface area (Å²) < 4.78 is 1.75. The Bertz CT molecular complexity index is 963. The van der Waals surface area contributed by atoms with Crippen LogP contribution in [0.15, 0.2) is 36.4 Å². The average Bonchev–Trinajstić information content (AvgIpc) is 3.26. The van der Waals surface area contributed by atoms with E-state index in [0.717, 1.165) is 47.4 Å². The van der Waals surface area contributed by atoms with Gasteiger partial charge in [0, 0.05) is 31.7 Å². The molecular weight excluding hydrogens is 326 g/mol. The first-order chi connectivity index (χ1) is 12.6. The van der Waals surface area contributed by atoms with Gasteiger partial charge in [0.25, 0.3) is 5.91 Å². The van der Waals surface area contributed by atoms with Gasteiger partial charge in [-0.05, 0) is 25.8 Å². The van der Waals surface area contributed by atoms with Crippen molar-refractivity contribution >= 4 is 16.9 Å². The van der Waals surface area contributed by atoms with Crippen molar-refractivity contribution in [3.05, 3.63) is 47.7 Å². The quantitative estimate of drug-likeness (QED) is 0.788. The molecule has 4 rings (SSSR count). The molecule has 6 heteroatoms. The molecule has 0 aliphatic carbocycles. The number of rotatable bonds is 3. The Labute approximate surface area is 152 Å². The number of aromatic nitrogens is 3. The first-order valence-corrected chi connectivity index (χ1v) is 9.01. The van der Waals surface area contributed by atoms with E-state index in [1.165, 1.54) is 0 Å². The molecule has 1 fully saturated rings. The summed E-state index contributed by atoms with van der Waals surface area (Å²) >= 11 is 0. The molecule has 6 nitrogen and oxygen atoms in total. The predicted octanol–water partition coefficient (Wildman–Crippen LogP) is 2.51. The highest BCUT2D eigenvalue weighted by Gasteiger charge is 2.30. The topological polar surface area (TPSA) is 77.0 Å². The fraction of sp³-hybridized carbons (Fsp3) is 0.350. The van der Waals surface area contributed by atoms with Gasteiger partial charge in [-0.2, -0.15) is 5.10 Å². The maximum absolute atomic E-state index is 13.4. The standard InChI is InChI=1S/C20H23N5O/c1-13-18-16(20(26)25-10-6-9-15(25)12-21)11-17(14-7-4-3-5-8-14)22-19(18)24(2)23-13/h3-5,7-8,11,15H,6,9-10,12,21H2,1-2H3. The van der Waals surface area contributed by atoms with Crippen LogP contribution >= 0.6 is 0 Å². The number of fused-ring (bicyclic) bond motifs is 1. The van der Waals surface area contributed by atoms with Crippen LogP contribution in [0.5, 0.6) is 0 Å². The van der Waals surface area contributed by atoms with E-state index in [2.05, 4.69) is 5.10 Å². The largest absolute Gasteiger partial charge is 0.334 e. The molecule has 2 N–H and O–H groups in total. The van der Waals surface area contributed by atoms with Crippen molar-refractivity contribution in [2.24, 2.45) is 12.8 Å². The van der Waals surface area contributed by atoms with Gasteiger partial charge in [0.1, 0.15) is 0 Å². The Hall–Kier alpha value is -2.73. The second-order valence-corrected chi connectivity index (χ2v) is 6.86. The highest BCUT2D eigenvalue weighted by Crippen LogP contribution is 2.29. The molecule has 134 valence electrons. The number of nitrogens with two attached hydrogens (primary N) is 1. The average molecular weight is 349 g/mol. The van der Waals surface area contributed by atoms with Crippen LogP contribution in [0.1, 0.15) is 28.9 Å². The van der Waals surface area contributed by atoms with Gasteiger partial charge < -0.3 is 10.6 Å². The third-order valence-corrected chi connectivity index (χ3v) is 5.18. The molecule has 1 amide bonds. The number of carbonyl (C=O) groups excluding carboxylic acids is 1. The van der Waals surface area contributed by atoms with Crippen LogP contribution in [0.25, 0.3) is 22.3 Å². The highest BCUT2D eigenvalue weighted by atomic mass is 16.2. The van der Waals surface area contributed by atoms with Crippen molar-refractivity contribution < 1.29 is 4.79 Å². The van der Waals surface area contributed by atoms with Gasteiger partial charge >= 0.3 is 0 Å². The van der Waals surface area contributed by atoms with Crippen LogP contribution in [0.4, 0.5) is 0 Å². The minimum atomic E-state index is 0.0265.